The Hall–Kier alpha value is -0.0800. The molecule has 2 fully saturated rings. The third-order valence-corrected chi connectivity index (χ3v) is 1.74. The Morgan fingerprint density at radius 1 is 1.57 bits per heavy atom. The van der Waals surface area contributed by atoms with E-state index in [-0.39, 0.29) is 0 Å². The highest BCUT2D eigenvalue weighted by molar-refractivity contribution is 4.78. The average molecular weight is 99.1 g/mol. The molecule has 2 rings (SSSR count). The monoisotopic (exact) mass is 99.1 g/mol. The molecule has 2 heterocycles. The Labute approximate surface area is 43.0 Å². The fourth-order valence-electron chi connectivity index (χ4n) is 1.26. The third kappa shape index (κ3) is 0.469. The van der Waals surface area contributed by atoms with Gasteiger partial charge >= 0.3 is 0 Å². The quantitative estimate of drug-likeness (QED) is 0.393. The summed E-state index contributed by atoms with van der Waals surface area (Å²) < 4.78 is 0. The normalized spacial score (nSPS) is 48.0. The van der Waals surface area contributed by atoms with Crippen molar-refractivity contribution in [2.24, 2.45) is 5.92 Å². The first-order chi connectivity index (χ1) is 3.45. The number of hydrogen-bond donors (Lipinski definition) is 0. The summed E-state index contributed by atoms with van der Waals surface area (Å²) in [5, 5.41) is 2.06. The van der Waals surface area contributed by atoms with Crippen LogP contribution in [0, 0.1) is 5.92 Å². The van der Waals surface area contributed by atoms with Crippen LogP contribution in [-0.2, 0) is 4.84 Å². The summed E-state index contributed by atoms with van der Waals surface area (Å²) >= 11 is 0. The van der Waals surface area contributed by atoms with Crippen LogP contribution >= 0.6 is 0 Å². The molecule has 0 N–H and O–H groups in total. The molecule has 2 atom stereocenters. The lowest BCUT2D eigenvalue weighted by atomic mass is 10.1. The summed E-state index contributed by atoms with van der Waals surface area (Å²) in [5.41, 5.74) is 0. The molecule has 2 aliphatic heterocycles. The minimum Gasteiger partial charge on any atom is -0.148 e. The zero-order valence-corrected chi connectivity index (χ0v) is 4.26. The Balaban J connectivity index is 2.12. The van der Waals surface area contributed by atoms with E-state index in [1.54, 1.807) is 0 Å². The molecule has 2 heteroatoms. The summed E-state index contributed by atoms with van der Waals surface area (Å²) in [6.45, 7) is 3.35. The van der Waals surface area contributed by atoms with Crippen molar-refractivity contribution in [3.8, 4) is 0 Å². The Morgan fingerprint density at radius 3 is 2.71 bits per heavy atom. The number of hydroxylamine groups is 2. The van der Waals surface area contributed by atoms with Gasteiger partial charge in [0.1, 0.15) is 6.61 Å². The van der Waals surface area contributed by atoms with Gasteiger partial charge in [-0.25, -0.2) is 0 Å². The highest BCUT2D eigenvalue weighted by Crippen LogP contribution is 2.20. The topological polar surface area (TPSA) is 15.1 Å². The summed E-state index contributed by atoms with van der Waals surface area (Å²) in [6, 6.07) is 0. The van der Waals surface area contributed by atoms with Gasteiger partial charge in [-0.05, 0) is 5.06 Å². The van der Waals surface area contributed by atoms with Crippen LogP contribution in [0.4, 0.5) is 0 Å². The lowest BCUT2D eigenvalue weighted by Crippen LogP contribution is -2.22. The van der Waals surface area contributed by atoms with E-state index in [0.717, 1.165) is 12.5 Å². The van der Waals surface area contributed by atoms with Gasteiger partial charge in [-0.15, -0.1) is 4.84 Å². The predicted molar refractivity (Wildman–Crippen MR) is 25.9 cm³/mol. The zero-order valence-electron chi connectivity index (χ0n) is 4.26. The van der Waals surface area contributed by atoms with Crippen LogP contribution in [0.3, 0.4) is 0 Å². The molecule has 0 amide bonds. The fraction of sp³-hybridized carbons (Fsp3) is 1.00. The van der Waals surface area contributed by atoms with Crippen LogP contribution in [0.15, 0.2) is 0 Å². The molecule has 0 spiro atoms. The minimum atomic E-state index is 0.875. The number of nitrogens with zero attached hydrogens (tertiary/aromatic N) is 1. The minimum absolute atomic E-state index is 0.875. The predicted octanol–water partition coefficient (Wildman–Crippen LogP) is 0.0916. The Kier molecular flexibility index (Phi) is 0.664. The van der Waals surface area contributed by atoms with E-state index >= 15 is 0 Å². The average Bonchev–Trinajstić information content (AvgIpc) is 2.22. The van der Waals surface area contributed by atoms with Crippen molar-refractivity contribution in [3.63, 3.8) is 0 Å². The van der Waals surface area contributed by atoms with E-state index in [2.05, 4.69) is 5.06 Å². The van der Waals surface area contributed by atoms with Crippen molar-refractivity contribution in [2.45, 2.75) is 6.42 Å². The Bertz CT molecular complexity index is 66.1. The molecule has 0 aromatic rings. The van der Waals surface area contributed by atoms with E-state index in [4.69, 9.17) is 4.84 Å². The van der Waals surface area contributed by atoms with E-state index in [1.165, 1.54) is 19.5 Å². The second kappa shape index (κ2) is 1.20. The van der Waals surface area contributed by atoms with Crippen LogP contribution in [0.1, 0.15) is 6.42 Å². The van der Waals surface area contributed by atoms with Crippen molar-refractivity contribution in [2.75, 3.05) is 19.7 Å². The fourth-order valence-corrected chi connectivity index (χ4v) is 1.26. The van der Waals surface area contributed by atoms with E-state index in [0.29, 0.717) is 0 Å². The highest BCUT2D eigenvalue weighted by Gasteiger charge is 2.40. The van der Waals surface area contributed by atoms with E-state index in [1.807, 2.05) is 0 Å². The second-order valence-electron chi connectivity index (χ2n) is 2.34. The first-order valence-corrected chi connectivity index (χ1v) is 2.83. The molecule has 0 aromatic heterocycles. The maximum Gasteiger partial charge on any atom is 0.165 e. The van der Waals surface area contributed by atoms with Crippen molar-refractivity contribution < 1.29 is 4.84 Å². The molecule has 1 radical (unpaired) electrons. The van der Waals surface area contributed by atoms with Crippen LogP contribution in [0.2, 0.25) is 0 Å². The number of hydrogen-bond acceptors (Lipinski definition) is 2. The largest absolute Gasteiger partial charge is 0.165 e. The van der Waals surface area contributed by atoms with Gasteiger partial charge in [-0.2, -0.15) is 0 Å². The summed E-state index contributed by atoms with van der Waals surface area (Å²) in [7, 11) is 0. The molecular weight excluding hydrogens is 90.1 g/mol. The lowest BCUT2D eigenvalue weighted by Gasteiger charge is -1.97. The van der Waals surface area contributed by atoms with Crippen molar-refractivity contribution in [3.05, 3.63) is 0 Å². The number of fused-ring (bicyclic) bond motifs is 2. The van der Waals surface area contributed by atoms with Crippen molar-refractivity contribution in [1.82, 2.24) is 5.06 Å². The van der Waals surface area contributed by atoms with Crippen LogP contribution < -0.4 is 5.06 Å². The van der Waals surface area contributed by atoms with Crippen LogP contribution in [0.5, 0.6) is 0 Å². The molecule has 0 aromatic carbocycles. The van der Waals surface area contributed by atoms with Gasteiger partial charge in [-0.3, -0.25) is 0 Å². The first kappa shape index (κ1) is 3.87. The molecule has 0 saturated carbocycles. The van der Waals surface area contributed by atoms with Crippen LogP contribution in [0.25, 0.3) is 0 Å². The van der Waals surface area contributed by atoms with Gasteiger partial charge in [0.15, 0.2) is 13.1 Å². The molecule has 7 heavy (non-hydrogen) atoms. The van der Waals surface area contributed by atoms with Gasteiger partial charge in [0.05, 0.1) is 5.92 Å². The Morgan fingerprint density at radius 2 is 2.57 bits per heavy atom. The van der Waals surface area contributed by atoms with Gasteiger partial charge in [0, 0.05) is 6.42 Å². The molecule has 2 saturated heterocycles. The molecule has 39 valence electrons. The molecule has 2 unspecified atom stereocenters. The summed E-state index contributed by atoms with van der Waals surface area (Å²) in [6.07, 6.45) is 1.36. The van der Waals surface area contributed by atoms with Gasteiger partial charge < -0.3 is 0 Å². The second-order valence-corrected chi connectivity index (χ2v) is 2.34. The summed E-state index contributed by atoms with van der Waals surface area (Å²) in [5.74, 6) is 0.875. The maximum absolute atomic E-state index is 5.19. The smallest absolute Gasteiger partial charge is 0.148 e. The van der Waals surface area contributed by atoms with Crippen molar-refractivity contribution >= 4 is 0 Å². The lowest BCUT2D eigenvalue weighted by molar-refractivity contribution is -0.0314. The third-order valence-electron chi connectivity index (χ3n) is 1.74. The standard InChI is InChI=1S/C5H9NO/c1-2-6-3-5(1)4-7-6/h5H,1-4H2/q+1. The van der Waals surface area contributed by atoms with Crippen LogP contribution in [-0.4, -0.2) is 19.7 Å². The number of rotatable bonds is 0. The molecule has 2 bridgehead atoms. The zero-order chi connectivity index (χ0) is 4.69. The van der Waals surface area contributed by atoms with E-state index < -0.39 is 0 Å². The molecule has 0 aliphatic carbocycles. The highest BCUT2D eigenvalue weighted by atomic mass is 16.7. The van der Waals surface area contributed by atoms with Crippen molar-refractivity contribution in [1.29, 1.82) is 0 Å². The van der Waals surface area contributed by atoms with Gasteiger partial charge in [-0.1, -0.05) is 0 Å². The van der Waals surface area contributed by atoms with E-state index in [9.17, 15) is 0 Å². The summed E-state index contributed by atoms with van der Waals surface area (Å²) in [4.78, 5) is 5.19. The maximum atomic E-state index is 5.19. The molecule has 2 aliphatic rings. The molecule has 2 nitrogen and oxygen atoms in total. The van der Waals surface area contributed by atoms with Gasteiger partial charge in [0.2, 0.25) is 0 Å². The van der Waals surface area contributed by atoms with Gasteiger partial charge in [0.25, 0.3) is 0 Å². The first-order valence-electron chi connectivity index (χ1n) is 2.83. The molecular formula is C5H9NO+. The SMILES string of the molecule is C1C[N+]2CC1CO2.